The molecule has 4 rings (SSSR count). The number of benzene rings is 2. The van der Waals surface area contributed by atoms with Gasteiger partial charge in [0.25, 0.3) is 0 Å². The van der Waals surface area contributed by atoms with Crippen molar-refractivity contribution in [3.63, 3.8) is 0 Å². The largest absolute Gasteiger partial charge is 0.344 e. The molecule has 9 heteroatoms. The van der Waals surface area contributed by atoms with Gasteiger partial charge in [0.2, 0.25) is 11.8 Å². The van der Waals surface area contributed by atoms with Gasteiger partial charge in [-0.25, -0.2) is 10.0 Å². The van der Waals surface area contributed by atoms with Gasteiger partial charge in [0.1, 0.15) is 6.04 Å². The Hall–Kier alpha value is -2.49. The van der Waals surface area contributed by atoms with E-state index >= 15 is 0 Å². The van der Waals surface area contributed by atoms with Gasteiger partial charge in [-0.15, -0.1) is 0 Å². The summed E-state index contributed by atoms with van der Waals surface area (Å²) >= 11 is 6.10. The number of hydrogen-bond acceptors (Lipinski definition) is 6. The molecule has 3 N–H and O–H groups in total. The lowest BCUT2D eigenvalue weighted by molar-refractivity contribution is -0.140. The van der Waals surface area contributed by atoms with Gasteiger partial charge < -0.3 is 20.9 Å². The highest BCUT2D eigenvalue weighted by molar-refractivity contribution is 6.30. The molecule has 0 saturated carbocycles. The molecule has 0 radical (unpaired) electrons. The van der Waals surface area contributed by atoms with Crippen LogP contribution in [0.2, 0.25) is 5.02 Å². The SMILES string of the molecule is CC(C)CN(C1CCN(C(=O)[C@@H](Cc2ccc(Cl)cc2)NC(=O)CC(N)c2ccccc2)CC1)N1CCN(C)CC1. The van der Waals surface area contributed by atoms with Crippen LogP contribution in [0.1, 0.15) is 50.3 Å². The second kappa shape index (κ2) is 15.1. The normalized spacial score (nSPS) is 19.0. The average molecular weight is 583 g/mol. The second-order valence-electron chi connectivity index (χ2n) is 12.0. The topological polar surface area (TPSA) is 85.1 Å². The zero-order valence-corrected chi connectivity index (χ0v) is 25.6. The quantitative estimate of drug-likeness (QED) is 0.421. The summed E-state index contributed by atoms with van der Waals surface area (Å²) in [6.45, 7) is 11.2. The molecule has 1 unspecified atom stereocenters. The maximum Gasteiger partial charge on any atom is 0.245 e. The molecule has 8 nitrogen and oxygen atoms in total. The van der Waals surface area contributed by atoms with E-state index in [1.165, 1.54) is 0 Å². The van der Waals surface area contributed by atoms with Gasteiger partial charge in [0, 0.05) is 75.8 Å². The van der Waals surface area contributed by atoms with Crippen LogP contribution in [0.4, 0.5) is 0 Å². The molecule has 2 aromatic carbocycles. The summed E-state index contributed by atoms with van der Waals surface area (Å²) in [5, 5.41) is 8.78. The first-order valence-electron chi connectivity index (χ1n) is 15.0. The molecule has 0 bridgehead atoms. The Morgan fingerprint density at radius 2 is 1.61 bits per heavy atom. The van der Waals surface area contributed by atoms with E-state index in [1.807, 2.05) is 59.5 Å². The van der Waals surface area contributed by atoms with E-state index in [-0.39, 0.29) is 18.2 Å². The van der Waals surface area contributed by atoms with Crippen molar-refractivity contribution >= 4 is 23.4 Å². The number of piperazine rings is 1. The zero-order chi connectivity index (χ0) is 29.4. The lowest BCUT2D eigenvalue weighted by Gasteiger charge is -2.47. The summed E-state index contributed by atoms with van der Waals surface area (Å²) in [6, 6.07) is 16.4. The van der Waals surface area contributed by atoms with E-state index in [4.69, 9.17) is 17.3 Å². The fourth-order valence-electron chi connectivity index (χ4n) is 5.85. The highest BCUT2D eigenvalue weighted by Gasteiger charge is 2.34. The molecule has 2 saturated heterocycles. The van der Waals surface area contributed by atoms with Crippen molar-refractivity contribution in [3.8, 4) is 0 Å². The second-order valence-corrected chi connectivity index (χ2v) is 12.4. The number of hydrogen-bond donors (Lipinski definition) is 2. The number of rotatable bonds is 11. The molecule has 2 atom stereocenters. The molecular weight excluding hydrogens is 536 g/mol. The van der Waals surface area contributed by atoms with Crippen LogP contribution in [0.3, 0.4) is 0 Å². The molecule has 2 aromatic rings. The summed E-state index contributed by atoms with van der Waals surface area (Å²) in [5.41, 5.74) is 8.18. The Morgan fingerprint density at radius 1 is 0.976 bits per heavy atom. The maximum atomic E-state index is 13.9. The summed E-state index contributed by atoms with van der Waals surface area (Å²) in [5.74, 6) is 0.312. The van der Waals surface area contributed by atoms with E-state index in [9.17, 15) is 9.59 Å². The molecule has 0 aliphatic carbocycles. The van der Waals surface area contributed by atoms with Crippen LogP contribution in [-0.2, 0) is 16.0 Å². The van der Waals surface area contributed by atoms with Crippen molar-refractivity contribution in [2.45, 2.75) is 57.7 Å². The number of carbonyl (C=O) groups is 2. The Labute approximate surface area is 250 Å². The van der Waals surface area contributed by atoms with Crippen LogP contribution in [0.25, 0.3) is 0 Å². The molecule has 2 amide bonds. The van der Waals surface area contributed by atoms with E-state index in [0.717, 1.165) is 56.7 Å². The highest BCUT2D eigenvalue weighted by atomic mass is 35.5. The van der Waals surface area contributed by atoms with Crippen LogP contribution in [-0.4, -0.2) is 96.6 Å². The first-order chi connectivity index (χ1) is 19.7. The van der Waals surface area contributed by atoms with Gasteiger partial charge in [-0.05, 0) is 49.1 Å². The number of hydrazine groups is 1. The van der Waals surface area contributed by atoms with E-state index in [2.05, 4.69) is 41.1 Å². The Kier molecular flexibility index (Phi) is 11.6. The van der Waals surface area contributed by atoms with Gasteiger partial charge in [-0.2, -0.15) is 0 Å². The number of likely N-dealkylation sites (N-methyl/N-ethyl adjacent to an activating group) is 1. The fraction of sp³-hybridized carbons (Fsp3) is 0.562. The number of amides is 2. The lowest BCUT2D eigenvalue weighted by atomic mass is 9.99. The van der Waals surface area contributed by atoms with Crippen molar-refractivity contribution in [1.82, 2.24) is 25.1 Å². The molecule has 2 fully saturated rings. The van der Waals surface area contributed by atoms with Crippen molar-refractivity contribution in [2.75, 3.05) is 52.9 Å². The molecule has 2 aliphatic rings. The third-order valence-electron chi connectivity index (χ3n) is 8.21. The lowest BCUT2D eigenvalue weighted by Crippen LogP contribution is -2.60. The summed E-state index contributed by atoms with van der Waals surface area (Å²) in [7, 11) is 2.18. The monoisotopic (exact) mass is 582 g/mol. The standard InChI is InChI=1S/C32H47ClN6O2/c1-24(2)23-39(38-19-17-36(3)18-20-38)28-13-15-37(16-14-28)32(41)30(21-25-9-11-27(33)12-10-25)35-31(40)22-29(34)26-7-5-4-6-8-26/h4-12,24,28-30H,13-23,34H2,1-3H3,(H,35,40)/t29?,30-/m1/s1. The highest BCUT2D eigenvalue weighted by Crippen LogP contribution is 2.23. The van der Waals surface area contributed by atoms with E-state index < -0.39 is 12.1 Å². The van der Waals surface area contributed by atoms with Crippen LogP contribution in [0.15, 0.2) is 54.6 Å². The van der Waals surface area contributed by atoms with Crippen LogP contribution in [0, 0.1) is 5.92 Å². The van der Waals surface area contributed by atoms with Crippen LogP contribution < -0.4 is 11.1 Å². The molecular formula is C32H47ClN6O2. The minimum Gasteiger partial charge on any atom is -0.344 e. The number of likely N-dealkylation sites (tertiary alicyclic amines) is 1. The predicted molar refractivity (Wildman–Crippen MR) is 165 cm³/mol. The Bertz CT molecular complexity index is 1100. The minimum absolute atomic E-state index is 0.0324. The number of nitrogens with zero attached hydrogens (tertiary/aromatic N) is 4. The smallest absolute Gasteiger partial charge is 0.245 e. The van der Waals surface area contributed by atoms with Gasteiger partial charge in [-0.3, -0.25) is 9.59 Å². The summed E-state index contributed by atoms with van der Waals surface area (Å²) in [6.07, 6.45) is 2.37. The first-order valence-corrected chi connectivity index (χ1v) is 15.4. The van der Waals surface area contributed by atoms with E-state index in [0.29, 0.717) is 36.5 Å². The van der Waals surface area contributed by atoms with Gasteiger partial charge in [0.15, 0.2) is 0 Å². The van der Waals surface area contributed by atoms with E-state index in [1.54, 1.807) is 0 Å². The molecule has 41 heavy (non-hydrogen) atoms. The van der Waals surface area contributed by atoms with Crippen molar-refractivity contribution in [3.05, 3.63) is 70.7 Å². The van der Waals surface area contributed by atoms with Gasteiger partial charge in [-0.1, -0.05) is 67.9 Å². The maximum absolute atomic E-state index is 13.9. The number of piperidine rings is 1. The first kappa shape index (κ1) is 31.4. The molecule has 0 aromatic heterocycles. The molecule has 2 heterocycles. The third kappa shape index (κ3) is 9.25. The van der Waals surface area contributed by atoms with Gasteiger partial charge in [0.05, 0.1) is 0 Å². The Balaban J connectivity index is 1.41. The van der Waals surface area contributed by atoms with Crippen molar-refractivity contribution in [1.29, 1.82) is 0 Å². The summed E-state index contributed by atoms with van der Waals surface area (Å²) in [4.78, 5) is 31.3. The third-order valence-corrected chi connectivity index (χ3v) is 8.46. The Morgan fingerprint density at radius 3 is 2.22 bits per heavy atom. The van der Waals surface area contributed by atoms with Crippen LogP contribution in [0.5, 0.6) is 0 Å². The van der Waals surface area contributed by atoms with Crippen molar-refractivity contribution < 1.29 is 9.59 Å². The zero-order valence-electron chi connectivity index (χ0n) is 24.8. The number of nitrogens with two attached hydrogens (primary N) is 1. The van der Waals surface area contributed by atoms with Crippen LogP contribution >= 0.6 is 11.6 Å². The number of carbonyl (C=O) groups excluding carboxylic acids is 2. The molecule has 0 spiro atoms. The van der Waals surface area contributed by atoms with Crippen molar-refractivity contribution in [2.24, 2.45) is 11.7 Å². The molecule has 224 valence electrons. The number of nitrogens with one attached hydrogen (secondary N) is 1. The summed E-state index contributed by atoms with van der Waals surface area (Å²) < 4.78 is 0. The average Bonchev–Trinajstić information content (AvgIpc) is 2.97. The van der Waals surface area contributed by atoms with Gasteiger partial charge >= 0.3 is 0 Å². The predicted octanol–water partition coefficient (Wildman–Crippen LogP) is 3.57. The molecule has 2 aliphatic heterocycles. The number of halogens is 1. The fourth-order valence-corrected chi connectivity index (χ4v) is 5.98. The minimum atomic E-state index is -0.660.